The summed E-state index contributed by atoms with van der Waals surface area (Å²) in [5.41, 5.74) is 0.832. The Balaban J connectivity index is 1.90. The van der Waals surface area contributed by atoms with E-state index in [0.717, 1.165) is 5.56 Å². The van der Waals surface area contributed by atoms with E-state index in [2.05, 4.69) is 0 Å². The summed E-state index contributed by atoms with van der Waals surface area (Å²) in [4.78, 5) is 13.8. The Kier molecular flexibility index (Phi) is 4.29. The number of benzene rings is 1. The molecule has 20 heavy (non-hydrogen) atoms. The number of amides is 1. The van der Waals surface area contributed by atoms with E-state index in [9.17, 15) is 18.3 Å². The van der Waals surface area contributed by atoms with Crippen molar-refractivity contribution in [2.45, 2.75) is 6.42 Å². The first kappa shape index (κ1) is 14.8. The Morgan fingerprint density at radius 2 is 1.70 bits per heavy atom. The third-order valence-electron chi connectivity index (χ3n) is 3.35. The quantitative estimate of drug-likeness (QED) is 0.854. The van der Waals surface area contributed by atoms with E-state index in [1.165, 1.54) is 10.6 Å². The number of sulfonamides is 1. The van der Waals surface area contributed by atoms with Crippen LogP contribution in [-0.4, -0.2) is 61.1 Å². The molecule has 2 rings (SSSR count). The Morgan fingerprint density at radius 1 is 1.15 bits per heavy atom. The van der Waals surface area contributed by atoms with Gasteiger partial charge in [-0.25, -0.2) is 8.42 Å². The third-order valence-corrected chi connectivity index (χ3v) is 4.66. The van der Waals surface area contributed by atoms with E-state index in [0.29, 0.717) is 26.2 Å². The van der Waals surface area contributed by atoms with Crippen LogP contribution < -0.4 is 0 Å². The predicted octanol–water partition coefficient (Wildman–Crippen LogP) is 0.0385. The second-order valence-corrected chi connectivity index (χ2v) is 6.87. The molecular formula is C13H18N2O4S. The maximum absolute atomic E-state index is 12.1. The van der Waals surface area contributed by atoms with E-state index < -0.39 is 10.0 Å². The minimum atomic E-state index is -3.17. The van der Waals surface area contributed by atoms with Crippen molar-refractivity contribution >= 4 is 15.9 Å². The Morgan fingerprint density at radius 3 is 2.20 bits per heavy atom. The van der Waals surface area contributed by atoms with E-state index in [4.69, 9.17) is 0 Å². The number of phenolic OH excluding ortho intramolecular Hbond substituents is 1. The molecule has 6 nitrogen and oxygen atoms in total. The minimum absolute atomic E-state index is 0.0242. The number of aromatic hydroxyl groups is 1. The number of hydrogen-bond acceptors (Lipinski definition) is 4. The Hall–Kier alpha value is -1.60. The number of nitrogens with zero attached hydrogens (tertiary/aromatic N) is 2. The molecule has 1 aliphatic heterocycles. The van der Waals surface area contributed by atoms with Gasteiger partial charge < -0.3 is 10.0 Å². The highest BCUT2D eigenvalue weighted by Gasteiger charge is 2.25. The van der Waals surface area contributed by atoms with Gasteiger partial charge in [0.15, 0.2) is 0 Å². The molecule has 0 bridgehead atoms. The first-order chi connectivity index (χ1) is 9.36. The summed E-state index contributed by atoms with van der Waals surface area (Å²) < 4.78 is 24.2. The Labute approximate surface area is 118 Å². The molecule has 110 valence electrons. The van der Waals surface area contributed by atoms with Crippen LogP contribution in [-0.2, 0) is 21.2 Å². The van der Waals surface area contributed by atoms with E-state index >= 15 is 0 Å². The third kappa shape index (κ3) is 3.71. The van der Waals surface area contributed by atoms with Crippen molar-refractivity contribution in [2.24, 2.45) is 0 Å². The SMILES string of the molecule is CS(=O)(=O)N1CCN(C(=O)Cc2ccc(O)cc2)CC1. The molecule has 0 aliphatic carbocycles. The lowest BCUT2D eigenvalue weighted by Crippen LogP contribution is -2.50. The summed E-state index contributed by atoms with van der Waals surface area (Å²) in [6.07, 6.45) is 1.44. The summed E-state index contributed by atoms with van der Waals surface area (Å²) in [5, 5.41) is 9.19. The zero-order chi connectivity index (χ0) is 14.8. The van der Waals surface area contributed by atoms with Crippen LogP contribution in [0.4, 0.5) is 0 Å². The van der Waals surface area contributed by atoms with Crippen LogP contribution >= 0.6 is 0 Å². The fraction of sp³-hybridized carbons (Fsp3) is 0.462. The van der Waals surface area contributed by atoms with Crippen molar-refractivity contribution in [3.63, 3.8) is 0 Å². The van der Waals surface area contributed by atoms with Crippen molar-refractivity contribution in [3.8, 4) is 5.75 Å². The van der Waals surface area contributed by atoms with Gasteiger partial charge in [0.25, 0.3) is 0 Å². The molecule has 1 fully saturated rings. The van der Waals surface area contributed by atoms with Gasteiger partial charge in [0.1, 0.15) is 5.75 Å². The largest absolute Gasteiger partial charge is 0.508 e. The number of phenols is 1. The molecule has 0 aromatic heterocycles. The van der Waals surface area contributed by atoms with Crippen LogP contribution in [0.3, 0.4) is 0 Å². The molecule has 0 saturated carbocycles. The molecule has 1 aliphatic rings. The average Bonchev–Trinajstić information content (AvgIpc) is 2.40. The van der Waals surface area contributed by atoms with Crippen molar-refractivity contribution in [1.29, 1.82) is 0 Å². The molecule has 1 amide bonds. The fourth-order valence-electron chi connectivity index (χ4n) is 2.17. The number of carbonyl (C=O) groups excluding carboxylic acids is 1. The zero-order valence-electron chi connectivity index (χ0n) is 11.3. The molecule has 0 spiro atoms. The van der Waals surface area contributed by atoms with Gasteiger partial charge in [-0.2, -0.15) is 4.31 Å². The summed E-state index contributed by atoms with van der Waals surface area (Å²) in [6.45, 7) is 1.54. The molecule has 1 aromatic rings. The van der Waals surface area contributed by atoms with Gasteiger partial charge in [0.05, 0.1) is 12.7 Å². The van der Waals surface area contributed by atoms with Crippen LogP contribution in [0.5, 0.6) is 5.75 Å². The summed E-state index contributed by atoms with van der Waals surface area (Å²) in [7, 11) is -3.17. The Bertz CT molecular complexity index is 575. The van der Waals surface area contributed by atoms with E-state index in [-0.39, 0.29) is 18.1 Å². The van der Waals surface area contributed by atoms with Crippen molar-refractivity contribution in [1.82, 2.24) is 9.21 Å². The summed E-state index contributed by atoms with van der Waals surface area (Å²) in [6, 6.07) is 6.51. The van der Waals surface area contributed by atoms with Crippen molar-refractivity contribution in [2.75, 3.05) is 32.4 Å². The second-order valence-electron chi connectivity index (χ2n) is 4.89. The predicted molar refractivity (Wildman–Crippen MR) is 74.8 cm³/mol. The zero-order valence-corrected chi connectivity index (χ0v) is 12.1. The minimum Gasteiger partial charge on any atom is -0.508 e. The molecule has 1 heterocycles. The van der Waals surface area contributed by atoms with Crippen molar-refractivity contribution < 1.29 is 18.3 Å². The van der Waals surface area contributed by atoms with E-state index in [1.54, 1.807) is 29.2 Å². The van der Waals surface area contributed by atoms with Gasteiger partial charge in [0.2, 0.25) is 15.9 Å². The van der Waals surface area contributed by atoms with Crippen molar-refractivity contribution in [3.05, 3.63) is 29.8 Å². The molecule has 7 heteroatoms. The van der Waals surface area contributed by atoms with Gasteiger partial charge in [-0.05, 0) is 17.7 Å². The lowest BCUT2D eigenvalue weighted by Gasteiger charge is -2.33. The van der Waals surface area contributed by atoms with Crippen LogP contribution in [0.15, 0.2) is 24.3 Å². The molecule has 0 unspecified atom stereocenters. The van der Waals surface area contributed by atoms with Crippen LogP contribution in [0.25, 0.3) is 0 Å². The summed E-state index contributed by atoms with van der Waals surface area (Å²) in [5.74, 6) is 0.145. The summed E-state index contributed by atoms with van der Waals surface area (Å²) >= 11 is 0. The molecular weight excluding hydrogens is 280 g/mol. The van der Waals surface area contributed by atoms with Crippen LogP contribution in [0.1, 0.15) is 5.56 Å². The smallest absolute Gasteiger partial charge is 0.227 e. The number of hydrogen-bond donors (Lipinski definition) is 1. The van der Waals surface area contributed by atoms with Crippen LogP contribution in [0, 0.1) is 0 Å². The normalized spacial score (nSPS) is 17.1. The van der Waals surface area contributed by atoms with Gasteiger partial charge in [-0.15, -0.1) is 0 Å². The highest BCUT2D eigenvalue weighted by Crippen LogP contribution is 2.12. The maximum atomic E-state index is 12.1. The first-order valence-corrected chi connectivity index (χ1v) is 8.22. The fourth-order valence-corrected chi connectivity index (χ4v) is 3.00. The topological polar surface area (TPSA) is 77.9 Å². The molecule has 1 N–H and O–H groups in total. The average molecular weight is 298 g/mol. The van der Waals surface area contributed by atoms with Gasteiger partial charge >= 0.3 is 0 Å². The molecule has 1 aromatic carbocycles. The highest BCUT2D eigenvalue weighted by atomic mass is 32.2. The lowest BCUT2D eigenvalue weighted by atomic mass is 10.1. The highest BCUT2D eigenvalue weighted by molar-refractivity contribution is 7.88. The molecule has 0 atom stereocenters. The molecule has 0 radical (unpaired) electrons. The van der Waals surface area contributed by atoms with Crippen LogP contribution in [0.2, 0.25) is 0 Å². The standard InChI is InChI=1S/C13H18N2O4S/c1-20(18,19)15-8-6-14(7-9-15)13(17)10-11-2-4-12(16)5-3-11/h2-5,16H,6-10H2,1H3. The van der Waals surface area contributed by atoms with E-state index in [1.807, 2.05) is 0 Å². The van der Waals surface area contributed by atoms with Gasteiger partial charge in [-0.1, -0.05) is 12.1 Å². The lowest BCUT2D eigenvalue weighted by molar-refractivity contribution is -0.131. The van der Waals surface area contributed by atoms with Gasteiger partial charge in [-0.3, -0.25) is 4.79 Å². The number of rotatable bonds is 3. The maximum Gasteiger partial charge on any atom is 0.227 e. The monoisotopic (exact) mass is 298 g/mol. The number of carbonyl (C=O) groups is 1. The second kappa shape index (κ2) is 5.80. The molecule has 1 saturated heterocycles. The number of piperazine rings is 1. The van der Waals surface area contributed by atoms with Gasteiger partial charge in [0, 0.05) is 26.2 Å². The first-order valence-electron chi connectivity index (χ1n) is 6.37.